The van der Waals surface area contributed by atoms with Crippen molar-refractivity contribution in [2.45, 2.75) is 13.0 Å². The smallest absolute Gasteiger partial charge is 0.263 e. The maximum absolute atomic E-state index is 12.2. The fourth-order valence-electron chi connectivity index (χ4n) is 2.60. The van der Waals surface area contributed by atoms with Crippen molar-refractivity contribution in [1.29, 1.82) is 5.26 Å². The van der Waals surface area contributed by atoms with Gasteiger partial charge in [-0.1, -0.05) is 18.2 Å². The molecule has 0 bridgehead atoms. The molecule has 29 heavy (non-hydrogen) atoms. The predicted octanol–water partition coefficient (Wildman–Crippen LogP) is 2.57. The molecule has 0 atom stereocenters. The highest BCUT2D eigenvalue weighted by molar-refractivity contribution is 5.97. The van der Waals surface area contributed by atoms with Crippen LogP contribution in [0.4, 0.5) is 0 Å². The summed E-state index contributed by atoms with van der Waals surface area (Å²) in [6.45, 7) is 0.889. The minimum absolute atomic E-state index is 0.0193. The number of amides is 1. The van der Waals surface area contributed by atoms with E-state index >= 15 is 0 Å². The third-order valence-electron chi connectivity index (χ3n) is 4.23. The summed E-state index contributed by atoms with van der Waals surface area (Å²) in [5.74, 6) is 1.65. The number of hydrogen-bond acceptors (Lipinski definition) is 6. The van der Waals surface area contributed by atoms with Crippen LogP contribution in [0.2, 0.25) is 0 Å². The molecule has 0 saturated heterocycles. The average Bonchev–Trinajstić information content (AvgIpc) is 2.77. The molecular weight excluding hydrogens is 370 g/mol. The molecule has 1 amide bonds. The quantitative estimate of drug-likeness (QED) is 0.365. The SMILES string of the molecule is COc1ccc(CNC(=O)/C(C#N)=C\NCCc2ccc(OC)c(OC)c2)cc1. The average molecular weight is 395 g/mol. The van der Waals surface area contributed by atoms with Crippen LogP contribution in [0.25, 0.3) is 0 Å². The zero-order valence-corrected chi connectivity index (χ0v) is 16.8. The van der Waals surface area contributed by atoms with E-state index in [-0.39, 0.29) is 5.57 Å². The number of ether oxygens (including phenoxy) is 3. The molecule has 2 aromatic carbocycles. The fraction of sp³-hybridized carbons (Fsp3) is 0.273. The summed E-state index contributed by atoms with van der Waals surface area (Å²) in [6, 6.07) is 15.0. The van der Waals surface area contributed by atoms with E-state index < -0.39 is 5.91 Å². The summed E-state index contributed by atoms with van der Waals surface area (Å²) >= 11 is 0. The second-order valence-electron chi connectivity index (χ2n) is 6.09. The van der Waals surface area contributed by atoms with Crippen LogP contribution in [-0.2, 0) is 17.8 Å². The van der Waals surface area contributed by atoms with Crippen molar-refractivity contribution >= 4 is 5.91 Å². The van der Waals surface area contributed by atoms with Crippen LogP contribution in [0.15, 0.2) is 54.2 Å². The van der Waals surface area contributed by atoms with Gasteiger partial charge in [0.25, 0.3) is 5.91 Å². The van der Waals surface area contributed by atoms with E-state index in [0.717, 1.165) is 16.9 Å². The largest absolute Gasteiger partial charge is 0.497 e. The molecule has 0 aliphatic rings. The Bertz CT molecular complexity index is 886. The molecule has 0 saturated carbocycles. The lowest BCUT2D eigenvalue weighted by Gasteiger charge is -2.10. The summed E-state index contributed by atoms with van der Waals surface area (Å²) in [4.78, 5) is 12.2. The fourth-order valence-corrected chi connectivity index (χ4v) is 2.60. The van der Waals surface area contributed by atoms with Gasteiger partial charge >= 0.3 is 0 Å². The van der Waals surface area contributed by atoms with Gasteiger partial charge in [0, 0.05) is 19.3 Å². The van der Waals surface area contributed by atoms with Crippen LogP contribution >= 0.6 is 0 Å². The molecule has 7 nitrogen and oxygen atoms in total. The zero-order valence-electron chi connectivity index (χ0n) is 16.8. The van der Waals surface area contributed by atoms with Crippen LogP contribution in [0.1, 0.15) is 11.1 Å². The van der Waals surface area contributed by atoms with Crippen molar-refractivity contribution in [2.75, 3.05) is 27.9 Å². The molecule has 0 aliphatic heterocycles. The number of nitrogens with zero attached hydrogens (tertiary/aromatic N) is 1. The van der Waals surface area contributed by atoms with Crippen LogP contribution in [-0.4, -0.2) is 33.8 Å². The highest BCUT2D eigenvalue weighted by atomic mass is 16.5. The molecule has 152 valence electrons. The van der Waals surface area contributed by atoms with E-state index in [4.69, 9.17) is 14.2 Å². The Morgan fingerprint density at radius 3 is 2.31 bits per heavy atom. The van der Waals surface area contributed by atoms with Gasteiger partial charge in [0.1, 0.15) is 17.4 Å². The Hall–Kier alpha value is -3.66. The number of rotatable bonds is 10. The molecule has 2 aromatic rings. The number of benzene rings is 2. The summed E-state index contributed by atoms with van der Waals surface area (Å²) in [6.07, 6.45) is 2.13. The minimum Gasteiger partial charge on any atom is -0.497 e. The maximum Gasteiger partial charge on any atom is 0.263 e. The summed E-state index contributed by atoms with van der Waals surface area (Å²) in [5, 5.41) is 15.0. The van der Waals surface area contributed by atoms with E-state index in [9.17, 15) is 10.1 Å². The number of carbonyl (C=O) groups excluding carboxylic acids is 1. The molecule has 2 rings (SSSR count). The molecule has 0 fully saturated rings. The molecule has 0 aromatic heterocycles. The topological polar surface area (TPSA) is 92.6 Å². The summed E-state index contributed by atoms with van der Waals surface area (Å²) < 4.78 is 15.6. The van der Waals surface area contributed by atoms with Crippen LogP contribution in [0.3, 0.4) is 0 Å². The van der Waals surface area contributed by atoms with E-state index in [2.05, 4.69) is 10.6 Å². The van der Waals surface area contributed by atoms with E-state index in [1.165, 1.54) is 6.20 Å². The van der Waals surface area contributed by atoms with Gasteiger partial charge in [-0.05, 0) is 41.8 Å². The first-order valence-electron chi connectivity index (χ1n) is 9.07. The van der Waals surface area contributed by atoms with Gasteiger partial charge in [0.2, 0.25) is 0 Å². The lowest BCUT2D eigenvalue weighted by molar-refractivity contribution is -0.117. The zero-order chi connectivity index (χ0) is 21.1. The Labute approximate surface area is 170 Å². The highest BCUT2D eigenvalue weighted by Crippen LogP contribution is 2.27. The molecular formula is C22H25N3O4. The monoisotopic (exact) mass is 395 g/mol. The number of hydrogen-bond donors (Lipinski definition) is 2. The van der Waals surface area contributed by atoms with Crippen molar-refractivity contribution in [2.24, 2.45) is 0 Å². The van der Waals surface area contributed by atoms with Gasteiger partial charge in [0.05, 0.1) is 21.3 Å². The van der Waals surface area contributed by atoms with Crippen LogP contribution in [0, 0.1) is 11.3 Å². The van der Waals surface area contributed by atoms with E-state index in [0.29, 0.717) is 31.0 Å². The third kappa shape index (κ3) is 6.47. The van der Waals surface area contributed by atoms with Crippen molar-refractivity contribution in [3.8, 4) is 23.3 Å². The van der Waals surface area contributed by atoms with Gasteiger partial charge < -0.3 is 24.8 Å². The maximum atomic E-state index is 12.2. The molecule has 0 radical (unpaired) electrons. The van der Waals surface area contributed by atoms with Gasteiger partial charge in [-0.15, -0.1) is 0 Å². The van der Waals surface area contributed by atoms with Crippen LogP contribution in [0.5, 0.6) is 17.2 Å². The van der Waals surface area contributed by atoms with Crippen molar-refractivity contribution < 1.29 is 19.0 Å². The number of methoxy groups -OCH3 is 3. The van der Waals surface area contributed by atoms with Gasteiger partial charge in [0.15, 0.2) is 11.5 Å². The Morgan fingerprint density at radius 2 is 1.69 bits per heavy atom. The van der Waals surface area contributed by atoms with Gasteiger partial charge in [-0.25, -0.2) is 0 Å². The molecule has 7 heteroatoms. The van der Waals surface area contributed by atoms with Crippen LogP contribution < -0.4 is 24.8 Å². The lowest BCUT2D eigenvalue weighted by atomic mass is 10.1. The van der Waals surface area contributed by atoms with Crippen molar-refractivity contribution in [3.05, 3.63) is 65.4 Å². The van der Waals surface area contributed by atoms with Gasteiger partial charge in [-0.3, -0.25) is 4.79 Å². The molecule has 2 N–H and O–H groups in total. The van der Waals surface area contributed by atoms with Crippen molar-refractivity contribution in [1.82, 2.24) is 10.6 Å². The van der Waals surface area contributed by atoms with E-state index in [1.54, 1.807) is 21.3 Å². The first kappa shape index (κ1) is 21.6. The summed E-state index contributed by atoms with van der Waals surface area (Å²) in [7, 11) is 4.78. The van der Waals surface area contributed by atoms with E-state index in [1.807, 2.05) is 48.5 Å². The first-order chi connectivity index (χ1) is 14.1. The summed E-state index contributed by atoms with van der Waals surface area (Å²) in [5.41, 5.74) is 1.98. The molecule has 0 unspecified atom stereocenters. The van der Waals surface area contributed by atoms with Gasteiger partial charge in [-0.2, -0.15) is 5.26 Å². The minimum atomic E-state index is -0.429. The highest BCUT2D eigenvalue weighted by Gasteiger charge is 2.09. The molecule has 0 heterocycles. The third-order valence-corrected chi connectivity index (χ3v) is 4.23. The molecule has 0 aliphatic carbocycles. The Morgan fingerprint density at radius 1 is 1.00 bits per heavy atom. The number of nitriles is 1. The lowest BCUT2D eigenvalue weighted by Crippen LogP contribution is -2.25. The normalized spacial score (nSPS) is 10.6. The number of carbonyl (C=O) groups is 1. The number of nitrogens with one attached hydrogen (secondary N) is 2. The second kappa shape index (κ2) is 11.2. The predicted molar refractivity (Wildman–Crippen MR) is 110 cm³/mol. The first-order valence-corrected chi connectivity index (χ1v) is 9.07. The second-order valence-corrected chi connectivity index (χ2v) is 6.09. The standard InChI is InChI=1S/C22H25N3O4/c1-27-19-7-4-17(5-8-19)14-25-22(26)18(13-23)15-24-11-10-16-6-9-20(28-2)21(12-16)29-3/h4-9,12,15,24H,10-11,14H2,1-3H3,(H,25,26)/b18-15-. The Balaban J connectivity index is 1.84. The van der Waals surface area contributed by atoms with Crippen molar-refractivity contribution in [3.63, 3.8) is 0 Å². The Kier molecular flexibility index (Phi) is 8.39. The molecule has 0 spiro atoms.